The lowest BCUT2D eigenvalue weighted by molar-refractivity contribution is -0.116. The topological polar surface area (TPSA) is 95.8 Å². The molecule has 9 heteroatoms. The monoisotopic (exact) mass is 394 g/mol. The number of rotatable bonds is 8. The number of hydrogen-bond acceptors (Lipinski definition) is 6. The Labute approximate surface area is 160 Å². The SMILES string of the molecule is CCN(CC)c1ccc(NC(=O)CN(C)S(=O)(=O)c2c(C)noc2C)cc1. The minimum Gasteiger partial charge on any atom is -0.372 e. The highest BCUT2D eigenvalue weighted by atomic mass is 32.2. The molecule has 1 aromatic carbocycles. The van der Waals surface area contributed by atoms with Gasteiger partial charge in [-0.3, -0.25) is 4.79 Å². The van der Waals surface area contributed by atoms with Gasteiger partial charge in [-0.2, -0.15) is 4.31 Å². The fourth-order valence-corrected chi connectivity index (χ4v) is 4.24. The summed E-state index contributed by atoms with van der Waals surface area (Å²) in [5.41, 5.74) is 1.95. The highest BCUT2D eigenvalue weighted by Gasteiger charge is 2.29. The van der Waals surface area contributed by atoms with Gasteiger partial charge in [0.05, 0.1) is 6.54 Å². The summed E-state index contributed by atoms with van der Waals surface area (Å²) in [4.78, 5) is 14.5. The Morgan fingerprint density at radius 3 is 2.22 bits per heavy atom. The van der Waals surface area contributed by atoms with Crippen molar-refractivity contribution < 1.29 is 17.7 Å². The van der Waals surface area contributed by atoms with Crippen LogP contribution in [0.1, 0.15) is 25.3 Å². The summed E-state index contributed by atoms with van der Waals surface area (Å²) in [5.74, 6) is -0.227. The molecule has 0 spiro atoms. The molecule has 0 fully saturated rings. The third-order valence-corrected chi connectivity index (χ3v) is 6.33. The van der Waals surface area contributed by atoms with Crippen molar-refractivity contribution >= 4 is 27.3 Å². The molecule has 0 saturated carbocycles. The summed E-state index contributed by atoms with van der Waals surface area (Å²) in [5, 5.41) is 6.38. The molecule has 1 amide bonds. The van der Waals surface area contributed by atoms with E-state index in [0.29, 0.717) is 5.69 Å². The number of sulfonamides is 1. The second kappa shape index (κ2) is 8.53. The van der Waals surface area contributed by atoms with E-state index in [1.165, 1.54) is 14.0 Å². The van der Waals surface area contributed by atoms with E-state index in [2.05, 4.69) is 29.2 Å². The largest absolute Gasteiger partial charge is 0.372 e. The van der Waals surface area contributed by atoms with Gasteiger partial charge in [0.1, 0.15) is 10.6 Å². The maximum absolute atomic E-state index is 12.6. The van der Waals surface area contributed by atoms with Crippen molar-refractivity contribution in [2.45, 2.75) is 32.6 Å². The van der Waals surface area contributed by atoms with Crippen molar-refractivity contribution in [3.63, 3.8) is 0 Å². The maximum Gasteiger partial charge on any atom is 0.248 e. The van der Waals surface area contributed by atoms with Gasteiger partial charge < -0.3 is 14.7 Å². The lowest BCUT2D eigenvalue weighted by Gasteiger charge is -2.21. The molecule has 0 aliphatic carbocycles. The Morgan fingerprint density at radius 2 is 1.74 bits per heavy atom. The summed E-state index contributed by atoms with van der Waals surface area (Å²) in [7, 11) is -2.51. The molecular weight excluding hydrogens is 368 g/mol. The number of aryl methyl sites for hydroxylation is 2. The first-order chi connectivity index (χ1) is 12.7. The Morgan fingerprint density at radius 1 is 1.15 bits per heavy atom. The molecule has 1 heterocycles. The van der Waals surface area contributed by atoms with Crippen LogP contribution in [0.15, 0.2) is 33.7 Å². The average Bonchev–Trinajstić information content (AvgIpc) is 2.96. The van der Waals surface area contributed by atoms with Crippen LogP contribution in [-0.4, -0.2) is 50.5 Å². The van der Waals surface area contributed by atoms with Gasteiger partial charge in [-0.25, -0.2) is 8.42 Å². The van der Waals surface area contributed by atoms with Crippen molar-refractivity contribution in [3.8, 4) is 0 Å². The molecule has 0 atom stereocenters. The van der Waals surface area contributed by atoms with E-state index < -0.39 is 15.9 Å². The van der Waals surface area contributed by atoms with E-state index in [1.807, 2.05) is 12.1 Å². The molecule has 1 N–H and O–H groups in total. The quantitative estimate of drug-likeness (QED) is 0.739. The molecule has 1 aromatic heterocycles. The van der Waals surface area contributed by atoms with Crippen molar-refractivity contribution in [2.75, 3.05) is 36.9 Å². The average molecular weight is 394 g/mol. The smallest absolute Gasteiger partial charge is 0.248 e. The zero-order chi connectivity index (χ0) is 20.2. The number of aromatic nitrogens is 1. The van der Waals surface area contributed by atoms with Gasteiger partial charge in [0.25, 0.3) is 0 Å². The fraction of sp³-hybridized carbons (Fsp3) is 0.444. The fourth-order valence-electron chi connectivity index (χ4n) is 2.83. The number of carbonyl (C=O) groups excluding carboxylic acids is 1. The maximum atomic E-state index is 12.6. The van der Waals surface area contributed by atoms with E-state index in [0.717, 1.165) is 23.1 Å². The summed E-state index contributed by atoms with van der Waals surface area (Å²) in [6.07, 6.45) is 0. The molecule has 2 rings (SSSR count). The van der Waals surface area contributed by atoms with Crippen LogP contribution in [0.4, 0.5) is 11.4 Å². The van der Waals surface area contributed by atoms with Gasteiger partial charge in [-0.1, -0.05) is 5.16 Å². The lowest BCUT2D eigenvalue weighted by atomic mass is 10.2. The molecule has 0 aliphatic rings. The number of likely N-dealkylation sites (N-methyl/N-ethyl adjacent to an activating group) is 1. The zero-order valence-corrected chi connectivity index (χ0v) is 17.1. The van der Waals surface area contributed by atoms with Crippen LogP contribution in [0, 0.1) is 13.8 Å². The first kappa shape index (κ1) is 20.9. The van der Waals surface area contributed by atoms with Crippen LogP contribution in [0.5, 0.6) is 0 Å². The van der Waals surface area contributed by atoms with Gasteiger partial charge in [0.2, 0.25) is 15.9 Å². The second-order valence-electron chi connectivity index (χ2n) is 6.18. The predicted octanol–water partition coefficient (Wildman–Crippen LogP) is 2.40. The number of amides is 1. The summed E-state index contributed by atoms with van der Waals surface area (Å²) in [6.45, 7) is 8.71. The van der Waals surface area contributed by atoms with Gasteiger partial charge in [-0.15, -0.1) is 0 Å². The normalized spacial score (nSPS) is 11.6. The molecular formula is C18H26N4O4S. The summed E-state index contributed by atoms with van der Waals surface area (Å²) >= 11 is 0. The predicted molar refractivity (Wildman–Crippen MR) is 104 cm³/mol. The van der Waals surface area contributed by atoms with Crippen molar-refractivity contribution in [2.24, 2.45) is 0 Å². The molecule has 0 saturated heterocycles. The molecule has 8 nitrogen and oxygen atoms in total. The van der Waals surface area contributed by atoms with E-state index in [4.69, 9.17) is 4.52 Å². The third-order valence-electron chi connectivity index (χ3n) is 4.28. The zero-order valence-electron chi connectivity index (χ0n) is 16.3. The first-order valence-corrected chi connectivity index (χ1v) is 10.2. The third kappa shape index (κ3) is 4.67. The number of nitrogens with one attached hydrogen (secondary N) is 1. The molecule has 2 aromatic rings. The Kier molecular flexibility index (Phi) is 6.61. The number of nitrogens with zero attached hydrogens (tertiary/aromatic N) is 3. The van der Waals surface area contributed by atoms with Gasteiger partial charge >= 0.3 is 0 Å². The Balaban J connectivity index is 2.05. The second-order valence-corrected chi connectivity index (χ2v) is 8.16. The van der Waals surface area contributed by atoms with Crippen LogP contribution in [-0.2, 0) is 14.8 Å². The summed E-state index contributed by atoms with van der Waals surface area (Å²) < 4.78 is 31.2. The first-order valence-electron chi connectivity index (χ1n) is 8.74. The minimum atomic E-state index is -3.86. The van der Waals surface area contributed by atoms with Crippen LogP contribution < -0.4 is 10.2 Å². The standard InChI is InChI=1S/C18H26N4O4S/c1-6-22(7-2)16-10-8-15(9-11-16)19-17(23)12-21(5)27(24,25)18-13(3)20-26-14(18)4/h8-11H,6-7,12H2,1-5H3,(H,19,23). The lowest BCUT2D eigenvalue weighted by Crippen LogP contribution is -2.35. The molecule has 148 valence electrons. The Bertz CT molecular complexity index is 867. The number of carbonyl (C=O) groups is 1. The Hall–Kier alpha value is -2.39. The van der Waals surface area contributed by atoms with Crippen molar-refractivity contribution in [1.82, 2.24) is 9.46 Å². The van der Waals surface area contributed by atoms with Crippen molar-refractivity contribution in [1.29, 1.82) is 0 Å². The van der Waals surface area contributed by atoms with Crippen LogP contribution >= 0.6 is 0 Å². The van der Waals surface area contributed by atoms with Crippen LogP contribution in [0.25, 0.3) is 0 Å². The van der Waals surface area contributed by atoms with E-state index in [9.17, 15) is 13.2 Å². The van der Waals surface area contributed by atoms with E-state index in [1.54, 1.807) is 19.1 Å². The van der Waals surface area contributed by atoms with E-state index in [-0.39, 0.29) is 22.9 Å². The molecule has 0 bridgehead atoms. The molecule has 0 unspecified atom stereocenters. The van der Waals surface area contributed by atoms with Crippen LogP contribution in [0.2, 0.25) is 0 Å². The number of benzene rings is 1. The van der Waals surface area contributed by atoms with Gasteiger partial charge in [-0.05, 0) is 52.0 Å². The molecule has 27 heavy (non-hydrogen) atoms. The molecule has 0 radical (unpaired) electrons. The van der Waals surface area contributed by atoms with Gasteiger partial charge in [0.15, 0.2) is 5.76 Å². The van der Waals surface area contributed by atoms with Gasteiger partial charge in [0, 0.05) is 31.5 Å². The highest BCUT2D eigenvalue weighted by molar-refractivity contribution is 7.89. The highest BCUT2D eigenvalue weighted by Crippen LogP contribution is 2.22. The molecule has 0 aliphatic heterocycles. The number of anilines is 2. The summed E-state index contributed by atoms with van der Waals surface area (Å²) in [6, 6.07) is 7.45. The van der Waals surface area contributed by atoms with Crippen molar-refractivity contribution in [3.05, 3.63) is 35.7 Å². The van der Waals surface area contributed by atoms with E-state index >= 15 is 0 Å². The van der Waals surface area contributed by atoms with Crippen LogP contribution in [0.3, 0.4) is 0 Å². The minimum absolute atomic E-state index is 0.00127. The number of hydrogen-bond donors (Lipinski definition) is 1.